The maximum absolute atomic E-state index is 13.8. The fourth-order valence-electron chi connectivity index (χ4n) is 4.12. The van der Waals surface area contributed by atoms with Crippen molar-refractivity contribution in [2.24, 2.45) is 0 Å². The van der Waals surface area contributed by atoms with Crippen molar-refractivity contribution in [3.63, 3.8) is 0 Å². The predicted molar refractivity (Wildman–Crippen MR) is 152 cm³/mol. The number of ether oxygens (including phenoxy) is 2. The van der Waals surface area contributed by atoms with Gasteiger partial charge in [-0.25, -0.2) is 0 Å². The lowest BCUT2D eigenvalue weighted by molar-refractivity contribution is -0.120. The van der Waals surface area contributed by atoms with E-state index in [4.69, 9.17) is 21.7 Å². The smallest absolute Gasteiger partial charge is 0.270 e. The van der Waals surface area contributed by atoms with Crippen LogP contribution in [0.25, 0.3) is 6.08 Å². The van der Waals surface area contributed by atoms with E-state index in [0.29, 0.717) is 35.0 Å². The second-order valence-electron chi connectivity index (χ2n) is 8.47. The molecule has 0 spiro atoms. The van der Waals surface area contributed by atoms with Crippen molar-refractivity contribution in [3.8, 4) is 11.5 Å². The van der Waals surface area contributed by atoms with E-state index in [2.05, 4.69) is 0 Å². The van der Waals surface area contributed by atoms with E-state index in [-0.39, 0.29) is 10.7 Å². The molecule has 1 aliphatic heterocycles. The summed E-state index contributed by atoms with van der Waals surface area (Å²) in [5.41, 5.74) is 2.64. The topological polar surface area (TPSA) is 59.1 Å². The van der Waals surface area contributed by atoms with Crippen LogP contribution in [0.1, 0.15) is 11.1 Å². The molecule has 6 nitrogen and oxygen atoms in total. The lowest BCUT2D eigenvalue weighted by atomic mass is 10.0. The summed E-state index contributed by atoms with van der Waals surface area (Å²) in [7, 11) is 1.57. The van der Waals surface area contributed by atoms with Gasteiger partial charge in [-0.05, 0) is 60.3 Å². The van der Waals surface area contributed by atoms with Crippen LogP contribution >= 0.6 is 12.2 Å². The second kappa shape index (κ2) is 11.1. The van der Waals surface area contributed by atoms with Gasteiger partial charge >= 0.3 is 0 Å². The summed E-state index contributed by atoms with van der Waals surface area (Å²) >= 11 is 5.68. The van der Waals surface area contributed by atoms with Crippen LogP contribution in [-0.4, -0.2) is 24.0 Å². The fourth-order valence-corrected chi connectivity index (χ4v) is 4.49. The maximum atomic E-state index is 13.8. The zero-order chi connectivity index (χ0) is 26.5. The molecule has 1 saturated heterocycles. The molecule has 2 amide bonds. The average Bonchev–Trinajstić information content (AvgIpc) is 2.96. The third kappa shape index (κ3) is 5.05. The first kappa shape index (κ1) is 24.9. The number of amides is 2. The number of carbonyl (C=O) groups is 2. The lowest BCUT2D eigenvalue weighted by Crippen LogP contribution is -2.56. The SMILES string of the molecule is COc1ccc(C=C2C(=O)N(c3ccccc3)C(=S)N(c3ccccc3)C2=O)c(OCc2ccccc2)c1. The molecule has 5 rings (SSSR count). The minimum Gasteiger partial charge on any atom is -0.497 e. The van der Waals surface area contributed by atoms with Gasteiger partial charge in [0.1, 0.15) is 23.7 Å². The third-order valence-corrected chi connectivity index (χ3v) is 6.40. The predicted octanol–water partition coefficient (Wildman–Crippen LogP) is 6.02. The molecule has 0 saturated carbocycles. The van der Waals surface area contributed by atoms with Gasteiger partial charge < -0.3 is 9.47 Å². The Morgan fingerprint density at radius 3 is 1.79 bits per heavy atom. The molecule has 0 unspecified atom stereocenters. The number of hydrogen-bond donors (Lipinski definition) is 0. The first-order valence-electron chi connectivity index (χ1n) is 12.0. The van der Waals surface area contributed by atoms with E-state index >= 15 is 0 Å². The van der Waals surface area contributed by atoms with Crippen LogP contribution in [-0.2, 0) is 16.2 Å². The quantitative estimate of drug-likeness (QED) is 0.169. The van der Waals surface area contributed by atoms with Gasteiger partial charge in [0.15, 0.2) is 5.11 Å². The van der Waals surface area contributed by atoms with Gasteiger partial charge in [-0.1, -0.05) is 66.7 Å². The van der Waals surface area contributed by atoms with Crippen LogP contribution in [0.3, 0.4) is 0 Å². The van der Waals surface area contributed by atoms with Gasteiger partial charge in [-0.2, -0.15) is 0 Å². The van der Waals surface area contributed by atoms with Crippen LogP contribution < -0.4 is 19.3 Å². The number of methoxy groups -OCH3 is 1. The Morgan fingerprint density at radius 2 is 1.26 bits per heavy atom. The minimum atomic E-state index is -0.511. The molecule has 4 aromatic rings. The van der Waals surface area contributed by atoms with Crippen LogP contribution in [0.15, 0.2) is 115 Å². The summed E-state index contributed by atoms with van der Waals surface area (Å²) in [4.78, 5) is 30.4. The van der Waals surface area contributed by atoms with Gasteiger partial charge in [0.2, 0.25) is 0 Å². The number of thiocarbonyl (C=S) groups is 1. The molecular weight excluding hydrogens is 496 g/mol. The van der Waals surface area contributed by atoms with E-state index < -0.39 is 11.8 Å². The third-order valence-electron chi connectivity index (χ3n) is 6.04. The van der Waals surface area contributed by atoms with E-state index in [1.807, 2.05) is 66.7 Å². The monoisotopic (exact) mass is 520 g/mol. The molecule has 7 heteroatoms. The molecule has 188 valence electrons. The highest BCUT2D eigenvalue weighted by atomic mass is 32.1. The van der Waals surface area contributed by atoms with Crippen molar-refractivity contribution in [1.82, 2.24) is 0 Å². The first-order valence-corrected chi connectivity index (χ1v) is 12.4. The zero-order valence-corrected chi connectivity index (χ0v) is 21.4. The molecule has 0 aromatic heterocycles. The summed E-state index contributed by atoms with van der Waals surface area (Å²) in [6.45, 7) is 0.308. The summed E-state index contributed by atoms with van der Waals surface area (Å²) < 4.78 is 11.5. The number of para-hydroxylation sites is 2. The van der Waals surface area contributed by atoms with Crippen molar-refractivity contribution >= 4 is 46.6 Å². The molecule has 1 aliphatic rings. The fraction of sp³-hybridized carbons (Fsp3) is 0.0645. The molecule has 0 bridgehead atoms. The summed E-state index contributed by atoms with van der Waals surface area (Å²) in [5.74, 6) is 0.0490. The number of anilines is 2. The molecule has 38 heavy (non-hydrogen) atoms. The Balaban J connectivity index is 1.59. The van der Waals surface area contributed by atoms with Crippen LogP contribution in [0.5, 0.6) is 11.5 Å². The molecule has 0 N–H and O–H groups in total. The Morgan fingerprint density at radius 1 is 0.737 bits per heavy atom. The maximum Gasteiger partial charge on any atom is 0.270 e. The highest BCUT2D eigenvalue weighted by Crippen LogP contribution is 2.32. The number of hydrogen-bond acceptors (Lipinski definition) is 5. The number of benzene rings is 4. The van der Waals surface area contributed by atoms with Gasteiger partial charge in [-0.15, -0.1) is 0 Å². The van der Waals surface area contributed by atoms with Crippen molar-refractivity contribution < 1.29 is 19.1 Å². The van der Waals surface area contributed by atoms with Gasteiger partial charge in [0, 0.05) is 11.6 Å². The second-order valence-corrected chi connectivity index (χ2v) is 8.84. The van der Waals surface area contributed by atoms with Crippen LogP contribution in [0.4, 0.5) is 11.4 Å². The Labute approximate surface area is 226 Å². The van der Waals surface area contributed by atoms with E-state index in [0.717, 1.165) is 5.56 Å². The van der Waals surface area contributed by atoms with Crippen molar-refractivity contribution in [3.05, 3.63) is 126 Å². The molecule has 0 atom stereocenters. The largest absolute Gasteiger partial charge is 0.497 e. The number of nitrogens with zero attached hydrogens (tertiary/aromatic N) is 2. The molecule has 1 heterocycles. The van der Waals surface area contributed by atoms with Crippen LogP contribution in [0.2, 0.25) is 0 Å². The number of rotatable bonds is 7. The van der Waals surface area contributed by atoms with Crippen molar-refractivity contribution in [2.45, 2.75) is 6.61 Å². The van der Waals surface area contributed by atoms with Gasteiger partial charge in [-0.3, -0.25) is 19.4 Å². The minimum absolute atomic E-state index is 0.0407. The van der Waals surface area contributed by atoms with Crippen molar-refractivity contribution in [1.29, 1.82) is 0 Å². The van der Waals surface area contributed by atoms with Gasteiger partial charge in [0.05, 0.1) is 18.5 Å². The molecule has 0 radical (unpaired) electrons. The lowest BCUT2D eigenvalue weighted by Gasteiger charge is -2.36. The summed E-state index contributed by atoms with van der Waals surface area (Å²) in [5, 5.41) is 0.0878. The zero-order valence-electron chi connectivity index (χ0n) is 20.6. The molecule has 0 aliphatic carbocycles. The first-order chi connectivity index (χ1) is 18.6. The average molecular weight is 521 g/mol. The van der Waals surface area contributed by atoms with Crippen molar-refractivity contribution in [2.75, 3.05) is 16.9 Å². The Hall–Kier alpha value is -4.75. The highest BCUT2D eigenvalue weighted by Gasteiger charge is 2.41. The standard InChI is InChI=1S/C31H24N2O4S/c1-36-26-18-17-23(28(20-26)37-21-22-11-5-2-6-12-22)19-27-29(34)32(24-13-7-3-8-14-24)31(38)33(30(27)35)25-15-9-4-10-16-25/h2-20H,21H2,1H3. The summed E-state index contributed by atoms with van der Waals surface area (Å²) in [6.07, 6.45) is 1.55. The summed E-state index contributed by atoms with van der Waals surface area (Å²) in [6, 6.07) is 33.1. The van der Waals surface area contributed by atoms with E-state index in [1.165, 1.54) is 9.80 Å². The van der Waals surface area contributed by atoms with E-state index in [1.54, 1.807) is 55.7 Å². The Kier molecular flexibility index (Phi) is 7.28. The van der Waals surface area contributed by atoms with Gasteiger partial charge in [0.25, 0.3) is 11.8 Å². The molecule has 1 fully saturated rings. The number of carbonyl (C=O) groups excluding carboxylic acids is 2. The van der Waals surface area contributed by atoms with Crippen LogP contribution in [0, 0.1) is 0 Å². The Bertz CT molecular complexity index is 1440. The normalized spacial score (nSPS) is 13.5. The highest BCUT2D eigenvalue weighted by molar-refractivity contribution is 7.81. The molecular formula is C31H24N2O4S. The van der Waals surface area contributed by atoms with E-state index in [9.17, 15) is 9.59 Å². The molecule has 4 aromatic carbocycles.